The second-order valence-electron chi connectivity index (χ2n) is 21.0. The molecule has 410 valence electrons. The zero-order valence-corrected chi connectivity index (χ0v) is 46.7. The highest BCUT2D eigenvalue weighted by Crippen LogP contribution is 2.16. The van der Waals surface area contributed by atoms with Crippen molar-refractivity contribution in [1.82, 2.24) is 5.32 Å². The minimum absolute atomic E-state index is 0.00817. The zero-order valence-electron chi connectivity index (χ0n) is 46.7. The van der Waals surface area contributed by atoms with E-state index < -0.39 is 12.1 Å². The van der Waals surface area contributed by atoms with Crippen LogP contribution >= 0.6 is 0 Å². The van der Waals surface area contributed by atoms with Crippen LogP contribution in [0.25, 0.3) is 0 Å². The van der Waals surface area contributed by atoms with Gasteiger partial charge in [0.2, 0.25) is 5.91 Å². The third-order valence-electron chi connectivity index (χ3n) is 14.1. The van der Waals surface area contributed by atoms with Gasteiger partial charge in [0.1, 0.15) is 0 Å². The van der Waals surface area contributed by atoms with Crippen LogP contribution in [-0.4, -0.2) is 47.4 Å². The van der Waals surface area contributed by atoms with Crippen molar-refractivity contribution in [3.05, 3.63) is 48.6 Å². The molecular formula is C64H119NO5. The molecule has 0 spiro atoms. The predicted molar refractivity (Wildman–Crippen MR) is 306 cm³/mol. The number of ether oxygens (including phenoxy) is 1. The molecular weight excluding hydrogens is 863 g/mol. The number of amides is 1. The standard InChI is InChI=1S/C64H119NO5/c1-3-5-7-9-11-13-15-17-19-25-28-32-36-40-44-48-52-56-62(67)61(60-66)65-63(68)57-53-49-45-41-37-33-29-26-23-21-22-24-27-31-35-39-43-47-51-55-59-70-64(69)58-54-50-46-42-38-34-30-20-18-16-14-12-10-8-6-4-2/h14,16,20-21,23,30,52,56,61-62,66-67H,3-13,15,17-19,22,24-29,31-51,53-55,57-60H2,1-2H3,(H,65,68)/b16-14-,23-21-,30-20-,56-52+. The Morgan fingerprint density at radius 3 is 1.11 bits per heavy atom. The quantitative estimate of drug-likeness (QED) is 0.0321. The van der Waals surface area contributed by atoms with E-state index in [0.717, 1.165) is 57.8 Å². The van der Waals surface area contributed by atoms with Crippen LogP contribution in [0.2, 0.25) is 0 Å². The fraction of sp³-hybridized carbons (Fsp3) is 0.844. The Labute approximate surface area is 436 Å². The fourth-order valence-corrected chi connectivity index (χ4v) is 9.31. The highest BCUT2D eigenvalue weighted by molar-refractivity contribution is 5.76. The highest BCUT2D eigenvalue weighted by Gasteiger charge is 2.18. The Morgan fingerprint density at radius 2 is 0.714 bits per heavy atom. The van der Waals surface area contributed by atoms with E-state index in [0.29, 0.717) is 19.4 Å². The van der Waals surface area contributed by atoms with Crippen molar-refractivity contribution >= 4 is 11.9 Å². The molecule has 0 bridgehead atoms. The summed E-state index contributed by atoms with van der Waals surface area (Å²) in [4.78, 5) is 24.5. The molecule has 0 aromatic carbocycles. The van der Waals surface area contributed by atoms with Crippen LogP contribution in [-0.2, 0) is 14.3 Å². The van der Waals surface area contributed by atoms with Gasteiger partial charge in [-0.25, -0.2) is 0 Å². The van der Waals surface area contributed by atoms with Gasteiger partial charge in [-0.3, -0.25) is 9.59 Å². The maximum absolute atomic E-state index is 12.5. The Bertz CT molecular complexity index is 1180. The lowest BCUT2D eigenvalue weighted by Crippen LogP contribution is -2.45. The number of nitrogens with one attached hydrogen (secondary N) is 1. The first-order valence-electron chi connectivity index (χ1n) is 30.9. The molecule has 0 aliphatic heterocycles. The van der Waals surface area contributed by atoms with Crippen molar-refractivity contribution in [2.24, 2.45) is 0 Å². The van der Waals surface area contributed by atoms with Crippen LogP contribution in [0.1, 0.15) is 322 Å². The van der Waals surface area contributed by atoms with E-state index in [1.54, 1.807) is 6.08 Å². The smallest absolute Gasteiger partial charge is 0.305 e. The second kappa shape index (κ2) is 59.4. The van der Waals surface area contributed by atoms with Gasteiger partial charge in [0.25, 0.3) is 0 Å². The van der Waals surface area contributed by atoms with Crippen molar-refractivity contribution in [1.29, 1.82) is 0 Å². The Kier molecular flexibility index (Phi) is 57.5. The minimum atomic E-state index is -0.851. The lowest BCUT2D eigenvalue weighted by molar-refractivity contribution is -0.143. The summed E-state index contributed by atoms with van der Waals surface area (Å²) < 4.78 is 5.48. The maximum Gasteiger partial charge on any atom is 0.305 e. The molecule has 0 radical (unpaired) electrons. The number of aliphatic hydroxyl groups excluding tert-OH is 2. The molecule has 1 amide bonds. The number of rotatable bonds is 57. The van der Waals surface area contributed by atoms with Gasteiger partial charge in [-0.2, -0.15) is 0 Å². The van der Waals surface area contributed by atoms with Crippen molar-refractivity contribution < 1.29 is 24.5 Å². The Balaban J connectivity index is 3.47. The van der Waals surface area contributed by atoms with Gasteiger partial charge in [-0.15, -0.1) is 0 Å². The van der Waals surface area contributed by atoms with Gasteiger partial charge < -0.3 is 20.3 Å². The molecule has 0 saturated carbocycles. The number of unbranched alkanes of at least 4 members (excludes halogenated alkanes) is 40. The highest BCUT2D eigenvalue weighted by atomic mass is 16.5. The number of hydrogen-bond acceptors (Lipinski definition) is 5. The molecule has 0 aliphatic carbocycles. The Hall–Kier alpha value is -2.18. The molecule has 2 unspecified atom stereocenters. The van der Waals surface area contributed by atoms with E-state index in [1.165, 1.54) is 238 Å². The monoisotopic (exact) mass is 982 g/mol. The zero-order chi connectivity index (χ0) is 50.7. The molecule has 0 aliphatic rings. The van der Waals surface area contributed by atoms with E-state index in [2.05, 4.69) is 55.6 Å². The van der Waals surface area contributed by atoms with Gasteiger partial charge in [-0.05, 0) is 89.9 Å². The van der Waals surface area contributed by atoms with Crippen LogP contribution < -0.4 is 5.32 Å². The average Bonchev–Trinajstić information content (AvgIpc) is 3.36. The molecule has 6 nitrogen and oxygen atoms in total. The summed E-state index contributed by atoms with van der Waals surface area (Å²) in [5.41, 5.74) is 0. The molecule has 0 saturated heterocycles. The molecule has 0 rings (SSSR count). The Morgan fingerprint density at radius 1 is 0.400 bits per heavy atom. The SMILES string of the molecule is CCCCCC/C=C\C/C=C\CCCCCCCC(=O)OCCCCCCCCCCC/C=C\CCCCCCCCCC(=O)NC(CO)C(O)/C=C/CCCCCCCCCCCCCCCCC. The predicted octanol–water partition coefficient (Wildman–Crippen LogP) is 19.4. The van der Waals surface area contributed by atoms with Crippen molar-refractivity contribution in [3.63, 3.8) is 0 Å². The van der Waals surface area contributed by atoms with Gasteiger partial charge in [-0.1, -0.05) is 268 Å². The summed E-state index contributed by atoms with van der Waals surface area (Å²) in [5.74, 6) is -0.0841. The van der Waals surface area contributed by atoms with Crippen LogP contribution in [0.5, 0.6) is 0 Å². The summed E-state index contributed by atoms with van der Waals surface area (Å²) in [6.45, 7) is 4.88. The summed E-state index contributed by atoms with van der Waals surface area (Å²) in [6.07, 6.45) is 75.7. The molecule has 0 heterocycles. The number of allylic oxidation sites excluding steroid dienone is 7. The molecule has 0 aromatic rings. The summed E-state index contributed by atoms with van der Waals surface area (Å²) in [6, 6.07) is -0.636. The molecule has 2 atom stereocenters. The topological polar surface area (TPSA) is 95.9 Å². The molecule has 6 heteroatoms. The number of carbonyl (C=O) groups excluding carboxylic acids is 2. The summed E-state index contributed by atoms with van der Waals surface area (Å²) in [5, 5.41) is 23.1. The van der Waals surface area contributed by atoms with Gasteiger partial charge in [0.15, 0.2) is 0 Å². The lowest BCUT2D eigenvalue weighted by atomic mass is 10.0. The van der Waals surface area contributed by atoms with E-state index in [-0.39, 0.29) is 18.5 Å². The largest absolute Gasteiger partial charge is 0.466 e. The number of aliphatic hydroxyl groups is 2. The number of hydrogen-bond donors (Lipinski definition) is 3. The average molecular weight is 983 g/mol. The first-order valence-corrected chi connectivity index (χ1v) is 30.9. The van der Waals surface area contributed by atoms with E-state index >= 15 is 0 Å². The fourth-order valence-electron chi connectivity index (χ4n) is 9.31. The van der Waals surface area contributed by atoms with Crippen molar-refractivity contribution in [2.75, 3.05) is 13.2 Å². The second-order valence-corrected chi connectivity index (χ2v) is 21.0. The van der Waals surface area contributed by atoms with Crippen LogP contribution in [0.3, 0.4) is 0 Å². The van der Waals surface area contributed by atoms with Crippen molar-refractivity contribution in [3.8, 4) is 0 Å². The number of carbonyl (C=O) groups is 2. The third kappa shape index (κ3) is 55.1. The van der Waals surface area contributed by atoms with E-state index in [4.69, 9.17) is 4.74 Å². The lowest BCUT2D eigenvalue weighted by Gasteiger charge is -2.20. The normalized spacial score (nSPS) is 12.9. The summed E-state index contributed by atoms with van der Waals surface area (Å²) >= 11 is 0. The molecule has 70 heavy (non-hydrogen) atoms. The van der Waals surface area contributed by atoms with E-state index in [1.807, 2.05) is 6.08 Å². The van der Waals surface area contributed by atoms with Gasteiger partial charge in [0, 0.05) is 12.8 Å². The summed E-state index contributed by atoms with van der Waals surface area (Å²) in [7, 11) is 0. The maximum atomic E-state index is 12.5. The van der Waals surface area contributed by atoms with Gasteiger partial charge in [0.05, 0.1) is 25.4 Å². The molecule has 0 fully saturated rings. The van der Waals surface area contributed by atoms with Gasteiger partial charge >= 0.3 is 5.97 Å². The minimum Gasteiger partial charge on any atom is -0.466 e. The van der Waals surface area contributed by atoms with Crippen LogP contribution in [0.4, 0.5) is 0 Å². The first-order chi connectivity index (χ1) is 34.5. The molecule has 0 aromatic heterocycles. The number of esters is 1. The first kappa shape index (κ1) is 67.8. The third-order valence-corrected chi connectivity index (χ3v) is 14.1. The van der Waals surface area contributed by atoms with E-state index in [9.17, 15) is 19.8 Å². The molecule has 3 N–H and O–H groups in total. The van der Waals surface area contributed by atoms with Crippen molar-refractivity contribution in [2.45, 2.75) is 334 Å². The van der Waals surface area contributed by atoms with Crippen LogP contribution in [0.15, 0.2) is 48.6 Å². The van der Waals surface area contributed by atoms with Crippen LogP contribution in [0, 0.1) is 0 Å².